The molecule has 0 spiro atoms. The lowest BCUT2D eigenvalue weighted by Gasteiger charge is -2.29. The van der Waals surface area contributed by atoms with Gasteiger partial charge in [0.05, 0.1) is 0 Å². The van der Waals surface area contributed by atoms with Crippen molar-refractivity contribution in [2.45, 2.75) is 38.8 Å². The number of carbonyl (C=O) groups is 1. The summed E-state index contributed by atoms with van der Waals surface area (Å²) in [4.78, 5) is 27.5. The number of nitrogens with zero attached hydrogens (tertiary/aromatic N) is 3. The standard InChI is InChI=1S/C22H21N3O3/c1-14-20(21(23-28-14)15-5-3-2-4-6-15)22(27)24-10-9-16-11-19(26)25(18-7-8-18)13-17(16)12-24/h2-6,11,13,18H,7-10,12H2,1H3. The summed E-state index contributed by atoms with van der Waals surface area (Å²) < 4.78 is 7.19. The first-order valence-corrected chi connectivity index (χ1v) is 9.66. The van der Waals surface area contributed by atoms with Crippen LogP contribution in [-0.4, -0.2) is 27.1 Å². The number of fused-ring (bicyclic) bond motifs is 1. The summed E-state index contributed by atoms with van der Waals surface area (Å²) in [5, 5.41) is 4.14. The molecule has 3 heterocycles. The lowest BCUT2D eigenvalue weighted by atomic mass is 9.99. The zero-order chi connectivity index (χ0) is 19.3. The molecule has 1 saturated carbocycles. The van der Waals surface area contributed by atoms with Crippen LogP contribution in [0.15, 0.2) is 51.9 Å². The fourth-order valence-corrected chi connectivity index (χ4v) is 3.93. The third-order valence-electron chi connectivity index (χ3n) is 5.62. The molecule has 1 aliphatic heterocycles. The highest BCUT2D eigenvalue weighted by Crippen LogP contribution is 2.34. The second-order valence-electron chi connectivity index (χ2n) is 7.61. The third-order valence-corrected chi connectivity index (χ3v) is 5.62. The van der Waals surface area contributed by atoms with Crippen molar-refractivity contribution in [3.05, 3.63) is 75.4 Å². The van der Waals surface area contributed by atoms with E-state index in [1.165, 1.54) is 0 Å². The third kappa shape index (κ3) is 2.85. The average Bonchev–Trinajstić information content (AvgIpc) is 3.49. The Morgan fingerprint density at radius 1 is 1.18 bits per heavy atom. The Hall–Kier alpha value is -3.15. The number of amides is 1. The number of benzene rings is 1. The number of aromatic nitrogens is 2. The van der Waals surface area contributed by atoms with Gasteiger partial charge in [-0.3, -0.25) is 9.59 Å². The first-order chi connectivity index (χ1) is 13.6. The summed E-state index contributed by atoms with van der Waals surface area (Å²) in [6.07, 6.45) is 4.75. The molecule has 0 unspecified atom stereocenters. The normalized spacial score (nSPS) is 16.1. The quantitative estimate of drug-likeness (QED) is 0.704. The molecule has 0 atom stereocenters. The maximum absolute atomic E-state index is 13.3. The molecular weight excluding hydrogens is 354 g/mol. The largest absolute Gasteiger partial charge is 0.360 e. The maximum atomic E-state index is 13.3. The lowest BCUT2D eigenvalue weighted by Crippen LogP contribution is -2.37. The predicted molar refractivity (Wildman–Crippen MR) is 104 cm³/mol. The van der Waals surface area contributed by atoms with Gasteiger partial charge in [0, 0.05) is 37.0 Å². The number of aryl methyl sites for hydroxylation is 1. The van der Waals surface area contributed by atoms with Crippen LogP contribution < -0.4 is 5.56 Å². The molecule has 2 aliphatic rings. The van der Waals surface area contributed by atoms with Gasteiger partial charge in [-0.25, -0.2) is 0 Å². The first kappa shape index (κ1) is 17.0. The van der Waals surface area contributed by atoms with Gasteiger partial charge in [0.1, 0.15) is 17.0 Å². The van der Waals surface area contributed by atoms with E-state index in [1.54, 1.807) is 13.0 Å². The van der Waals surface area contributed by atoms with Crippen molar-refractivity contribution >= 4 is 5.91 Å². The molecule has 28 heavy (non-hydrogen) atoms. The Bertz CT molecular complexity index is 1110. The highest BCUT2D eigenvalue weighted by atomic mass is 16.5. The van der Waals surface area contributed by atoms with E-state index in [4.69, 9.17) is 4.52 Å². The second-order valence-corrected chi connectivity index (χ2v) is 7.61. The van der Waals surface area contributed by atoms with Crippen LogP contribution in [0.3, 0.4) is 0 Å². The predicted octanol–water partition coefficient (Wildman–Crippen LogP) is 3.35. The van der Waals surface area contributed by atoms with Crippen molar-refractivity contribution in [1.82, 2.24) is 14.6 Å². The molecular formula is C22H21N3O3. The van der Waals surface area contributed by atoms with Gasteiger partial charge in [0.25, 0.3) is 11.5 Å². The van der Waals surface area contributed by atoms with E-state index in [-0.39, 0.29) is 11.5 Å². The van der Waals surface area contributed by atoms with E-state index in [9.17, 15) is 9.59 Å². The van der Waals surface area contributed by atoms with Gasteiger partial charge in [-0.1, -0.05) is 35.5 Å². The molecule has 1 aliphatic carbocycles. The molecule has 6 heteroatoms. The smallest absolute Gasteiger partial charge is 0.260 e. The van der Waals surface area contributed by atoms with Crippen molar-refractivity contribution in [2.24, 2.45) is 0 Å². The molecule has 1 amide bonds. The zero-order valence-corrected chi connectivity index (χ0v) is 15.7. The molecule has 6 nitrogen and oxygen atoms in total. The molecule has 1 fully saturated rings. The molecule has 142 valence electrons. The highest BCUT2D eigenvalue weighted by molar-refractivity contribution is 6.00. The van der Waals surface area contributed by atoms with Crippen molar-refractivity contribution < 1.29 is 9.32 Å². The van der Waals surface area contributed by atoms with Gasteiger partial charge in [0.2, 0.25) is 0 Å². The topological polar surface area (TPSA) is 68.3 Å². The molecule has 0 bridgehead atoms. The summed E-state index contributed by atoms with van der Waals surface area (Å²) in [5.74, 6) is 0.449. The summed E-state index contributed by atoms with van der Waals surface area (Å²) in [6.45, 7) is 2.85. The summed E-state index contributed by atoms with van der Waals surface area (Å²) in [6, 6.07) is 11.7. The maximum Gasteiger partial charge on any atom is 0.260 e. The number of pyridine rings is 1. The highest BCUT2D eigenvalue weighted by Gasteiger charge is 2.30. The minimum atomic E-state index is -0.0765. The van der Waals surface area contributed by atoms with E-state index in [0.717, 1.165) is 29.5 Å². The second kappa shape index (κ2) is 6.48. The van der Waals surface area contributed by atoms with E-state index in [2.05, 4.69) is 5.16 Å². The summed E-state index contributed by atoms with van der Waals surface area (Å²) in [5.41, 5.74) is 4.14. The lowest BCUT2D eigenvalue weighted by molar-refractivity contribution is 0.0733. The fourth-order valence-electron chi connectivity index (χ4n) is 3.93. The Labute approximate surface area is 162 Å². The molecule has 0 N–H and O–H groups in total. The Balaban J connectivity index is 1.47. The van der Waals surface area contributed by atoms with Gasteiger partial charge in [0.15, 0.2) is 0 Å². The van der Waals surface area contributed by atoms with Gasteiger partial charge in [-0.2, -0.15) is 0 Å². The van der Waals surface area contributed by atoms with Crippen molar-refractivity contribution in [1.29, 1.82) is 0 Å². The number of hydrogen-bond acceptors (Lipinski definition) is 4. The summed E-state index contributed by atoms with van der Waals surface area (Å²) in [7, 11) is 0. The number of hydrogen-bond donors (Lipinski definition) is 0. The van der Waals surface area contributed by atoms with Crippen LogP contribution in [0.25, 0.3) is 11.3 Å². The molecule has 3 aromatic rings. The monoisotopic (exact) mass is 375 g/mol. The van der Waals surface area contributed by atoms with Crippen LogP contribution in [0, 0.1) is 6.92 Å². The van der Waals surface area contributed by atoms with Crippen LogP contribution in [0.5, 0.6) is 0 Å². The van der Waals surface area contributed by atoms with Crippen LogP contribution in [-0.2, 0) is 13.0 Å². The van der Waals surface area contributed by atoms with Gasteiger partial charge >= 0.3 is 0 Å². The minimum absolute atomic E-state index is 0.0715. The first-order valence-electron chi connectivity index (χ1n) is 9.66. The Morgan fingerprint density at radius 3 is 2.71 bits per heavy atom. The van der Waals surface area contributed by atoms with Gasteiger partial charge in [-0.05, 0) is 37.3 Å². The van der Waals surface area contributed by atoms with E-state index >= 15 is 0 Å². The molecule has 0 radical (unpaired) electrons. The number of rotatable bonds is 3. The number of carbonyl (C=O) groups excluding carboxylic acids is 1. The van der Waals surface area contributed by atoms with Crippen LogP contribution in [0.2, 0.25) is 0 Å². The van der Waals surface area contributed by atoms with E-state index in [0.29, 0.717) is 42.6 Å². The zero-order valence-electron chi connectivity index (χ0n) is 15.7. The molecule has 0 saturated heterocycles. The molecule has 1 aromatic carbocycles. The summed E-state index contributed by atoms with van der Waals surface area (Å²) >= 11 is 0. The van der Waals surface area contributed by atoms with Crippen LogP contribution in [0.4, 0.5) is 0 Å². The van der Waals surface area contributed by atoms with Gasteiger partial charge in [-0.15, -0.1) is 0 Å². The van der Waals surface area contributed by atoms with Crippen LogP contribution >= 0.6 is 0 Å². The average molecular weight is 375 g/mol. The van der Waals surface area contributed by atoms with E-state index < -0.39 is 0 Å². The molecule has 2 aromatic heterocycles. The SMILES string of the molecule is Cc1onc(-c2ccccc2)c1C(=O)N1CCc2cc(=O)n(C3CC3)cc2C1. The minimum Gasteiger partial charge on any atom is -0.360 e. The van der Waals surface area contributed by atoms with Crippen molar-refractivity contribution in [3.63, 3.8) is 0 Å². The molecule has 5 rings (SSSR count). The fraction of sp³-hybridized carbons (Fsp3) is 0.318. The Morgan fingerprint density at radius 2 is 1.96 bits per heavy atom. The van der Waals surface area contributed by atoms with Crippen molar-refractivity contribution in [2.75, 3.05) is 6.54 Å². The Kier molecular flexibility index (Phi) is 3.93. The van der Waals surface area contributed by atoms with Crippen molar-refractivity contribution in [3.8, 4) is 11.3 Å². The van der Waals surface area contributed by atoms with E-state index in [1.807, 2.05) is 46.0 Å². The van der Waals surface area contributed by atoms with Crippen LogP contribution in [0.1, 0.15) is 46.1 Å². The van der Waals surface area contributed by atoms with Gasteiger partial charge < -0.3 is 14.0 Å².